The highest BCUT2D eigenvalue weighted by atomic mass is 16.5. The first kappa shape index (κ1) is 25.0. The second-order valence-corrected chi connectivity index (χ2v) is 9.95. The highest BCUT2D eigenvalue weighted by Gasteiger charge is 2.19. The lowest BCUT2D eigenvalue weighted by atomic mass is 9.99. The van der Waals surface area contributed by atoms with E-state index in [0.29, 0.717) is 49.1 Å². The summed E-state index contributed by atoms with van der Waals surface area (Å²) in [5.74, 6) is 1.22. The number of aromatic nitrogens is 1. The average molecular weight is 520 g/mol. The molecule has 2 aliphatic heterocycles. The standard InChI is InChI=1S/C32H29N3O4/c33-19-23-16-21(4-6-31(23)38-25-8-12-36-13-9-25)27-2-1-3-29-28(27)18-30(35-29)22-5-7-32(24(17-22)20-34)39-26-10-14-37-15-11-26/h1-7,16-18,25-26,35H,8-15H2. The second-order valence-electron chi connectivity index (χ2n) is 9.95. The molecule has 0 spiro atoms. The number of aromatic amines is 1. The van der Waals surface area contributed by atoms with Crippen LogP contribution >= 0.6 is 0 Å². The van der Waals surface area contributed by atoms with Gasteiger partial charge >= 0.3 is 0 Å². The van der Waals surface area contributed by atoms with E-state index in [9.17, 15) is 10.5 Å². The SMILES string of the molecule is N#Cc1cc(-c2cc3c(-c4ccc(OC5CCOCC5)c(C#N)c4)cccc3[nH]2)ccc1OC1CCOCC1. The third kappa shape index (κ3) is 5.33. The summed E-state index contributed by atoms with van der Waals surface area (Å²) in [5.41, 5.74) is 5.79. The fourth-order valence-corrected chi connectivity index (χ4v) is 5.28. The summed E-state index contributed by atoms with van der Waals surface area (Å²) >= 11 is 0. The Morgan fingerprint density at radius 2 is 1.26 bits per heavy atom. The van der Waals surface area contributed by atoms with E-state index in [-0.39, 0.29) is 12.2 Å². The molecular formula is C32H29N3O4. The zero-order valence-corrected chi connectivity index (χ0v) is 21.6. The van der Waals surface area contributed by atoms with E-state index in [1.165, 1.54) is 0 Å². The van der Waals surface area contributed by atoms with Gasteiger partial charge in [-0.3, -0.25) is 0 Å². The molecule has 196 valence electrons. The number of hydrogen-bond acceptors (Lipinski definition) is 6. The monoisotopic (exact) mass is 519 g/mol. The molecule has 1 N–H and O–H groups in total. The first-order valence-corrected chi connectivity index (χ1v) is 13.4. The molecule has 0 amide bonds. The Balaban J connectivity index is 1.29. The van der Waals surface area contributed by atoms with E-state index in [4.69, 9.17) is 18.9 Å². The second kappa shape index (κ2) is 11.2. The molecular weight excluding hydrogens is 490 g/mol. The molecule has 3 aromatic carbocycles. The summed E-state index contributed by atoms with van der Waals surface area (Å²) in [6.07, 6.45) is 3.45. The molecule has 6 rings (SSSR count). The summed E-state index contributed by atoms with van der Waals surface area (Å²) in [7, 11) is 0. The predicted octanol–water partition coefficient (Wildman–Crippen LogP) is 6.36. The molecule has 0 radical (unpaired) electrons. The number of nitrogens with one attached hydrogen (secondary N) is 1. The van der Waals surface area contributed by atoms with E-state index < -0.39 is 0 Å². The molecule has 1 aromatic heterocycles. The third-order valence-electron chi connectivity index (χ3n) is 7.41. The Kier molecular flexibility index (Phi) is 7.19. The number of nitrogens with zero attached hydrogens (tertiary/aromatic N) is 2. The maximum absolute atomic E-state index is 9.86. The van der Waals surface area contributed by atoms with Crippen LogP contribution in [0.4, 0.5) is 0 Å². The predicted molar refractivity (Wildman–Crippen MR) is 148 cm³/mol. The van der Waals surface area contributed by atoms with Gasteiger partial charge < -0.3 is 23.9 Å². The smallest absolute Gasteiger partial charge is 0.137 e. The van der Waals surface area contributed by atoms with Gasteiger partial charge in [0.1, 0.15) is 35.8 Å². The van der Waals surface area contributed by atoms with Crippen molar-refractivity contribution in [1.29, 1.82) is 10.5 Å². The van der Waals surface area contributed by atoms with Crippen molar-refractivity contribution in [3.05, 3.63) is 71.8 Å². The van der Waals surface area contributed by atoms with Crippen molar-refractivity contribution in [2.45, 2.75) is 37.9 Å². The van der Waals surface area contributed by atoms with E-state index in [2.05, 4.69) is 29.3 Å². The summed E-state index contributed by atoms with van der Waals surface area (Å²) in [6.45, 7) is 2.74. The van der Waals surface area contributed by atoms with Gasteiger partial charge in [0, 0.05) is 42.3 Å². The Morgan fingerprint density at radius 3 is 1.85 bits per heavy atom. The van der Waals surface area contributed by atoms with Crippen LogP contribution in [0.2, 0.25) is 0 Å². The largest absolute Gasteiger partial charge is 0.489 e. The fraction of sp³-hybridized carbons (Fsp3) is 0.312. The fourth-order valence-electron chi connectivity index (χ4n) is 5.28. The van der Waals surface area contributed by atoms with Gasteiger partial charge in [-0.25, -0.2) is 0 Å². The number of nitriles is 2. The highest BCUT2D eigenvalue weighted by Crippen LogP contribution is 2.36. The van der Waals surface area contributed by atoms with Crippen molar-refractivity contribution < 1.29 is 18.9 Å². The summed E-state index contributed by atoms with van der Waals surface area (Å²) in [5, 5.41) is 20.7. The van der Waals surface area contributed by atoms with E-state index in [0.717, 1.165) is 59.0 Å². The minimum Gasteiger partial charge on any atom is -0.489 e. The molecule has 0 atom stereocenters. The lowest BCUT2D eigenvalue weighted by Crippen LogP contribution is -2.26. The lowest BCUT2D eigenvalue weighted by molar-refractivity contribution is 0.0252. The quantitative estimate of drug-likeness (QED) is 0.318. The van der Waals surface area contributed by atoms with E-state index >= 15 is 0 Å². The van der Waals surface area contributed by atoms with Crippen molar-refractivity contribution in [2.24, 2.45) is 0 Å². The molecule has 2 aliphatic rings. The minimum atomic E-state index is 0.0686. The van der Waals surface area contributed by atoms with Crippen LogP contribution in [0.25, 0.3) is 33.3 Å². The van der Waals surface area contributed by atoms with Crippen LogP contribution in [0.1, 0.15) is 36.8 Å². The zero-order chi connectivity index (χ0) is 26.6. The highest BCUT2D eigenvalue weighted by molar-refractivity contribution is 5.98. The molecule has 0 unspecified atom stereocenters. The first-order chi connectivity index (χ1) is 19.2. The molecule has 39 heavy (non-hydrogen) atoms. The summed E-state index contributed by atoms with van der Waals surface area (Å²) in [4.78, 5) is 3.50. The van der Waals surface area contributed by atoms with E-state index in [1.54, 1.807) is 0 Å². The molecule has 0 aliphatic carbocycles. The molecule has 2 saturated heterocycles. The van der Waals surface area contributed by atoms with Crippen LogP contribution in [-0.4, -0.2) is 43.6 Å². The topological polar surface area (TPSA) is 100 Å². The molecule has 2 fully saturated rings. The van der Waals surface area contributed by atoms with Crippen molar-refractivity contribution in [3.63, 3.8) is 0 Å². The molecule has 3 heterocycles. The third-order valence-corrected chi connectivity index (χ3v) is 7.41. The van der Waals surface area contributed by atoms with Gasteiger partial charge in [-0.2, -0.15) is 10.5 Å². The van der Waals surface area contributed by atoms with Gasteiger partial charge in [-0.15, -0.1) is 0 Å². The molecule has 0 bridgehead atoms. The van der Waals surface area contributed by atoms with Gasteiger partial charge in [-0.05, 0) is 59.2 Å². The average Bonchev–Trinajstić information content (AvgIpc) is 3.43. The Morgan fingerprint density at radius 1 is 0.692 bits per heavy atom. The number of H-pyrrole nitrogens is 1. The van der Waals surface area contributed by atoms with Crippen LogP contribution in [0.15, 0.2) is 60.7 Å². The minimum absolute atomic E-state index is 0.0686. The first-order valence-electron chi connectivity index (χ1n) is 13.4. The van der Waals surface area contributed by atoms with Crippen LogP contribution in [0, 0.1) is 22.7 Å². The van der Waals surface area contributed by atoms with Crippen molar-refractivity contribution >= 4 is 10.9 Å². The number of ether oxygens (including phenoxy) is 4. The van der Waals surface area contributed by atoms with Gasteiger partial charge in [0.25, 0.3) is 0 Å². The Bertz CT molecular complexity index is 1570. The number of rotatable bonds is 6. The van der Waals surface area contributed by atoms with Gasteiger partial charge in [0.2, 0.25) is 0 Å². The zero-order valence-electron chi connectivity index (χ0n) is 21.6. The summed E-state index contributed by atoms with van der Waals surface area (Å²) in [6, 6.07) is 24.3. The molecule has 7 heteroatoms. The van der Waals surface area contributed by atoms with Crippen LogP contribution in [0.3, 0.4) is 0 Å². The molecule has 7 nitrogen and oxygen atoms in total. The number of benzene rings is 3. The van der Waals surface area contributed by atoms with Gasteiger partial charge in [-0.1, -0.05) is 18.2 Å². The van der Waals surface area contributed by atoms with Crippen molar-refractivity contribution in [2.75, 3.05) is 26.4 Å². The molecule has 0 saturated carbocycles. The number of fused-ring (bicyclic) bond motifs is 1. The Hall–Kier alpha value is -4.30. The van der Waals surface area contributed by atoms with Crippen molar-refractivity contribution in [1.82, 2.24) is 4.98 Å². The summed E-state index contributed by atoms with van der Waals surface area (Å²) < 4.78 is 23.1. The lowest BCUT2D eigenvalue weighted by Gasteiger charge is -2.24. The van der Waals surface area contributed by atoms with Crippen LogP contribution < -0.4 is 9.47 Å². The van der Waals surface area contributed by atoms with Crippen molar-refractivity contribution in [3.8, 4) is 46.0 Å². The maximum Gasteiger partial charge on any atom is 0.137 e. The van der Waals surface area contributed by atoms with E-state index in [1.807, 2.05) is 48.5 Å². The maximum atomic E-state index is 9.86. The Labute approximate surface area is 227 Å². The van der Waals surface area contributed by atoms with Gasteiger partial charge in [0.05, 0.1) is 37.6 Å². The molecule has 4 aromatic rings. The number of hydrogen-bond donors (Lipinski definition) is 1. The van der Waals surface area contributed by atoms with Crippen LogP contribution in [-0.2, 0) is 9.47 Å². The van der Waals surface area contributed by atoms with Crippen LogP contribution in [0.5, 0.6) is 11.5 Å². The van der Waals surface area contributed by atoms with Gasteiger partial charge in [0.15, 0.2) is 0 Å². The normalized spacial score (nSPS) is 16.5.